The number of nitrogens with zero attached hydrogens (tertiary/aromatic N) is 2. The summed E-state index contributed by atoms with van der Waals surface area (Å²) in [5.41, 5.74) is 4.52. The molecular weight excluding hydrogens is 334 g/mol. The highest BCUT2D eigenvalue weighted by atomic mass is 32.1. The molecule has 5 nitrogen and oxygen atoms in total. The lowest BCUT2D eigenvalue weighted by molar-refractivity contribution is 0.0622. The minimum atomic E-state index is 0.0369. The fourth-order valence-corrected chi connectivity index (χ4v) is 4.56. The summed E-state index contributed by atoms with van der Waals surface area (Å²) in [6, 6.07) is 2.16. The normalized spacial score (nSPS) is 18.4. The number of aromatic amines is 1. The largest absolute Gasteiger partial charge is 0.354 e. The highest BCUT2D eigenvalue weighted by molar-refractivity contribution is 7.07. The lowest BCUT2D eigenvalue weighted by Crippen LogP contribution is -2.48. The van der Waals surface area contributed by atoms with E-state index in [1.165, 1.54) is 5.56 Å². The first kappa shape index (κ1) is 16.5. The average molecular weight is 357 g/mol. The molecule has 6 heteroatoms. The molecule has 25 heavy (non-hydrogen) atoms. The van der Waals surface area contributed by atoms with Crippen LogP contribution in [-0.2, 0) is 13.0 Å². The van der Waals surface area contributed by atoms with E-state index in [0.29, 0.717) is 12.1 Å². The fourth-order valence-electron chi connectivity index (χ4n) is 3.90. The van der Waals surface area contributed by atoms with E-state index in [9.17, 15) is 9.59 Å². The summed E-state index contributed by atoms with van der Waals surface area (Å²) in [5, 5.41) is 4.29. The second-order valence-electron chi connectivity index (χ2n) is 6.96. The summed E-state index contributed by atoms with van der Waals surface area (Å²) in [6.07, 6.45) is 2.34. The Morgan fingerprint density at radius 1 is 1.24 bits per heavy atom. The van der Waals surface area contributed by atoms with Gasteiger partial charge in [0.2, 0.25) is 0 Å². The molecule has 1 aliphatic heterocycles. The van der Waals surface area contributed by atoms with Gasteiger partial charge in [0.05, 0.1) is 0 Å². The van der Waals surface area contributed by atoms with Crippen LogP contribution in [0.1, 0.15) is 50.5 Å². The summed E-state index contributed by atoms with van der Waals surface area (Å²) in [7, 11) is 0. The number of aryl methyl sites for hydroxylation is 1. The van der Waals surface area contributed by atoms with E-state index in [4.69, 9.17) is 0 Å². The second-order valence-corrected chi connectivity index (χ2v) is 7.74. The Bertz CT molecular complexity index is 786. The van der Waals surface area contributed by atoms with Crippen LogP contribution in [0.5, 0.6) is 0 Å². The molecule has 132 valence electrons. The zero-order valence-corrected chi connectivity index (χ0v) is 15.3. The van der Waals surface area contributed by atoms with Gasteiger partial charge in [0, 0.05) is 50.4 Å². The Labute approximate surface area is 151 Å². The third-order valence-electron chi connectivity index (χ3n) is 5.30. The van der Waals surface area contributed by atoms with Gasteiger partial charge in [-0.1, -0.05) is 0 Å². The van der Waals surface area contributed by atoms with Crippen LogP contribution in [0, 0.1) is 6.92 Å². The van der Waals surface area contributed by atoms with Crippen molar-refractivity contribution < 1.29 is 9.59 Å². The van der Waals surface area contributed by atoms with Crippen LogP contribution in [0.2, 0.25) is 0 Å². The predicted molar refractivity (Wildman–Crippen MR) is 98.3 cm³/mol. The summed E-state index contributed by atoms with van der Waals surface area (Å²) in [6.45, 7) is 6.11. The van der Waals surface area contributed by atoms with Crippen molar-refractivity contribution >= 4 is 23.0 Å². The van der Waals surface area contributed by atoms with E-state index in [0.717, 1.165) is 62.4 Å². The zero-order chi connectivity index (χ0) is 17.4. The summed E-state index contributed by atoms with van der Waals surface area (Å²) < 4.78 is 0. The minimum Gasteiger partial charge on any atom is -0.354 e. The predicted octanol–water partition coefficient (Wildman–Crippen LogP) is 2.86. The van der Waals surface area contributed by atoms with Gasteiger partial charge in [-0.25, -0.2) is 0 Å². The Morgan fingerprint density at radius 2 is 2.04 bits per heavy atom. The van der Waals surface area contributed by atoms with Crippen molar-refractivity contribution in [3.8, 4) is 0 Å². The van der Waals surface area contributed by atoms with E-state index in [1.807, 2.05) is 11.8 Å². The van der Waals surface area contributed by atoms with Gasteiger partial charge in [-0.15, -0.1) is 0 Å². The molecule has 0 atom stereocenters. The quantitative estimate of drug-likeness (QED) is 0.919. The average Bonchev–Trinajstić information content (AvgIpc) is 3.24. The number of amides is 1. The number of carbonyl (C=O) groups excluding carboxylic acids is 2. The molecular formula is C19H23N3O2S. The molecule has 0 unspecified atom stereocenters. The standard InChI is InChI=1S/C19H23N3O2S/c1-13-17-15(3-2-4-16(17)23)20-18(13)19(24)22-8-6-21(7-9-22)11-14-5-10-25-12-14/h5,10,12,20H,2-4,6-9,11H2,1H3. The molecule has 1 amide bonds. The maximum atomic E-state index is 12.9. The Kier molecular flexibility index (Phi) is 4.48. The van der Waals surface area contributed by atoms with Gasteiger partial charge in [-0.05, 0) is 47.7 Å². The van der Waals surface area contributed by atoms with E-state index >= 15 is 0 Å². The SMILES string of the molecule is Cc1c(C(=O)N2CCN(Cc3ccsc3)CC2)[nH]c2c1C(=O)CCC2. The van der Waals surface area contributed by atoms with Crippen molar-refractivity contribution in [3.05, 3.63) is 44.9 Å². The van der Waals surface area contributed by atoms with Crippen molar-refractivity contribution in [1.82, 2.24) is 14.8 Å². The lowest BCUT2D eigenvalue weighted by atomic mass is 9.93. The molecule has 0 spiro atoms. The third kappa shape index (κ3) is 3.16. The molecule has 2 aromatic heterocycles. The van der Waals surface area contributed by atoms with Crippen LogP contribution in [-0.4, -0.2) is 52.7 Å². The molecule has 1 N–H and O–H groups in total. The van der Waals surface area contributed by atoms with E-state index in [2.05, 4.69) is 26.7 Å². The Hall–Kier alpha value is -1.92. The van der Waals surface area contributed by atoms with Crippen LogP contribution in [0.15, 0.2) is 16.8 Å². The minimum absolute atomic E-state index is 0.0369. The first-order valence-electron chi connectivity index (χ1n) is 8.91. The van der Waals surface area contributed by atoms with Crippen molar-refractivity contribution in [2.24, 2.45) is 0 Å². The summed E-state index contributed by atoms with van der Waals surface area (Å²) >= 11 is 1.72. The topological polar surface area (TPSA) is 56.4 Å². The number of carbonyl (C=O) groups is 2. The van der Waals surface area contributed by atoms with E-state index in [1.54, 1.807) is 11.3 Å². The fraction of sp³-hybridized carbons (Fsp3) is 0.474. The molecule has 2 aliphatic rings. The Balaban J connectivity index is 1.43. The number of fused-ring (bicyclic) bond motifs is 1. The second kappa shape index (κ2) is 6.77. The number of hydrogen-bond donors (Lipinski definition) is 1. The molecule has 2 aromatic rings. The zero-order valence-electron chi connectivity index (χ0n) is 14.5. The maximum Gasteiger partial charge on any atom is 0.270 e. The van der Waals surface area contributed by atoms with Crippen LogP contribution >= 0.6 is 11.3 Å². The molecule has 4 rings (SSSR count). The lowest BCUT2D eigenvalue weighted by Gasteiger charge is -2.34. The molecule has 3 heterocycles. The van der Waals surface area contributed by atoms with Gasteiger partial charge in [0.15, 0.2) is 5.78 Å². The highest BCUT2D eigenvalue weighted by Gasteiger charge is 2.29. The van der Waals surface area contributed by atoms with Crippen LogP contribution in [0.3, 0.4) is 0 Å². The summed E-state index contributed by atoms with van der Waals surface area (Å²) in [5.74, 6) is 0.213. The first-order valence-corrected chi connectivity index (χ1v) is 9.85. The Morgan fingerprint density at radius 3 is 2.72 bits per heavy atom. The van der Waals surface area contributed by atoms with Crippen molar-refractivity contribution in [3.63, 3.8) is 0 Å². The number of ketones is 1. The van der Waals surface area contributed by atoms with Gasteiger partial charge < -0.3 is 9.88 Å². The van der Waals surface area contributed by atoms with E-state index in [-0.39, 0.29) is 11.7 Å². The van der Waals surface area contributed by atoms with Crippen LogP contribution in [0.25, 0.3) is 0 Å². The third-order valence-corrected chi connectivity index (χ3v) is 6.03. The number of hydrogen-bond acceptors (Lipinski definition) is 4. The number of thiophene rings is 1. The van der Waals surface area contributed by atoms with Crippen molar-refractivity contribution in [1.29, 1.82) is 0 Å². The van der Waals surface area contributed by atoms with E-state index < -0.39 is 0 Å². The van der Waals surface area contributed by atoms with Gasteiger partial charge in [-0.2, -0.15) is 11.3 Å². The van der Waals surface area contributed by atoms with Crippen molar-refractivity contribution in [2.45, 2.75) is 32.7 Å². The number of nitrogens with one attached hydrogen (secondary N) is 1. The number of aromatic nitrogens is 1. The van der Waals surface area contributed by atoms with Gasteiger partial charge in [0.1, 0.15) is 5.69 Å². The molecule has 1 aliphatic carbocycles. The monoisotopic (exact) mass is 357 g/mol. The number of rotatable bonds is 3. The molecule has 0 saturated carbocycles. The van der Waals surface area contributed by atoms with Crippen LogP contribution in [0.4, 0.5) is 0 Å². The first-order chi connectivity index (χ1) is 12.1. The number of piperazine rings is 1. The molecule has 1 fully saturated rings. The van der Waals surface area contributed by atoms with Crippen LogP contribution < -0.4 is 0 Å². The maximum absolute atomic E-state index is 12.9. The molecule has 1 saturated heterocycles. The van der Waals surface area contributed by atoms with Crippen molar-refractivity contribution in [2.75, 3.05) is 26.2 Å². The smallest absolute Gasteiger partial charge is 0.270 e. The number of Topliss-reactive ketones (excluding diaryl/α,β-unsaturated/α-hetero) is 1. The van der Waals surface area contributed by atoms with Gasteiger partial charge >= 0.3 is 0 Å². The number of H-pyrrole nitrogens is 1. The summed E-state index contributed by atoms with van der Waals surface area (Å²) in [4.78, 5) is 32.7. The highest BCUT2D eigenvalue weighted by Crippen LogP contribution is 2.27. The molecule has 0 radical (unpaired) electrons. The molecule has 0 bridgehead atoms. The molecule has 0 aromatic carbocycles. The van der Waals surface area contributed by atoms with Gasteiger partial charge in [0.25, 0.3) is 5.91 Å². The van der Waals surface area contributed by atoms with Gasteiger partial charge in [-0.3, -0.25) is 14.5 Å².